The maximum atomic E-state index is 10.3. The van der Waals surface area contributed by atoms with E-state index in [0.717, 1.165) is 0 Å². The van der Waals surface area contributed by atoms with Crippen molar-refractivity contribution in [2.75, 3.05) is 6.61 Å². The summed E-state index contributed by atoms with van der Waals surface area (Å²) in [5.41, 5.74) is 0. The van der Waals surface area contributed by atoms with Crippen molar-refractivity contribution in [3.63, 3.8) is 0 Å². The number of allylic oxidation sites excluding steroid dienone is 1. The molecule has 0 saturated carbocycles. The van der Waals surface area contributed by atoms with Crippen LogP contribution in [0.5, 0.6) is 0 Å². The zero-order valence-corrected chi connectivity index (χ0v) is 6.44. The molecule has 0 aromatic rings. The Morgan fingerprint density at radius 3 is 2.67 bits per heavy atom. The first-order valence-corrected chi connectivity index (χ1v) is 3.15. The van der Waals surface area contributed by atoms with Gasteiger partial charge in [-0.1, -0.05) is 0 Å². The Morgan fingerprint density at radius 1 is 1.78 bits per heavy atom. The molecule has 0 amide bonds. The maximum absolute atomic E-state index is 10.3. The van der Waals surface area contributed by atoms with Gasteiger partial charge in [0.15, 0.2) is 10.9 Å². The Labute approximate surface area is 60.3 Å². The number of hydrogen-bond donors (Lipinski definition) is 1. The lowest BCUT2D eigenvalue weighted by molar-refractivity contribution is -0.112. The Kier molecular flexibility index (Phi) is 4.22. The molecule has 0 aromatic carbocycles. The Morgan fingerprint density at radius 2 is 2.33 bits per heavy atom. The van der Waals surface area contributed by atoms with Crippen LogP contribution in [-0.4, -0.2) is 12.4 Å². The first-order valence-electron chi connectivity index (χ1n) is 2.70. The van der Waals surface area contributed by atoms with Gasteiger partial charge in [0.1, 0.15) is 0 Å². The fourth-order valence-corrected chi connectivity index (χ4v) is 0.674. The van der Waals surface area contributed by atoms with E-state index >= 15 is 0 Å². The molecular formula is C6H10O2S. The van der Waals surface area contributed by atoms with Gasteiger partial charge >= 0.3 is 0 Å². The monoisotopic (exact) mass is 146 g/mol. The van der Waals surface area contributed by atoms with Crippen LogP contribution in [0.3, 0.4) is 0 Å². The summed E-state index contributed by atoms with van der Waals surface area (Å²) in [5.74, 6) is -0.0477. The van der Waals surface area contributed by atoms with Gasteiger partial charge in [-0.15, -0.1) is 12.6 Å². The second-order valence-corrected chi connectivity index (χ2v) is 1.97. The Bertz CT molecular complexity index is 129. The summed E-state index contributed by atoms with van der Waals surface area (Å²) in [4.78, 5) is 10.3. The molecule has 0 fully saturated rings. The molecule has 0 atom stereocenters. The number of rotatable bonds is 3. The third kappa shape index (κ3) is 5.43. The quantitative estimate of drug-likeness (QED) is 0.370. The first kappa shape index (κ1) is 8.56. The number of carbonyl (C=O) groups excluding carboxylic acids is 1. The van der Waals surface area contributed by atoms with Gasteiger partial charge in [0.25, 0.3) is 0 Å². The number of carbonyl (C=O) groups is 1. The summed E-state index contributed by atoms with van der Waals surface area (Å²) in [6, 6.07) is 0. The van der Waals surface area contributed by atoms with Gasteiger partial charge in [-0.2, -0.15) is 0 Å². The molecular weight excluding hydrogens is 136 g/mol. The molecule has 9 heavy (non-hydrogen) atoms. The van der Waals surface area contributed by atoms with Crippen LogP contribution in [0.1, 0.15) is 13.8 Å². The Balaban J connectivity index is 3.69. The van der Waals surface area contributed by atoms with Crippen LogP contribution in [0.15, 0.2) is 11.2 Å². The number of thiol groups is 1. The minimum absolute atomic E-state index is 0.0477. The second-order valence-electron chi connectivity index (χ2n) is 1.53. The summed E-state index contributed by atoms with van der Waals surface area (Å²) in [6.45, 7) is 3.84. The standard InChI is InChI=1S/C6H10O2S/c1-3-8-6(9)4-5(2)7/h4,9H,3H2,1-2H3/b6-4-. The largest absolute Gasteiger partial charge is 0.488 e. The van der Waals surface area contributed by atoms with E-state index in [0.29, 0.717) is 11.7 Å². The summed E-state index contributed by atoms with van der Waals surface area (Å²) < 4.78 is 4.86. The van der Waals surface area contributed by atoms with Crippen molar-refractivity contribution in [1.82, 2.24) is 0 Å². The second kappa shape index (κ2) is 4.44. The average molecular weight is 146 g/mol. The van der Waals surface area contributed by atoms with Gasteiger partial charge in [-0.25, -0.2) is 0 Å². The lowest BCUT2D eigenvalue weighted by Crippen LogP contribution is -1.88. The summed E-state index contributed by atoms with van der Waals surface area (Å²) in [6.07, 6.45) is 1.34. The van der Waals surface area contributed by atoms with E-state index in [-0.39, 0.29) is 5.78 Å². The van der Waals surface area contributed by atoms with Crippen molar-refractivity contribution in [1.29, 1.82) is 0 Å². The fraction of sp³-hybridized carbons (Fsp3) is 0.500. The molecule has 0 aliphatic carbocycles. The van der Waals surface area contributed by atoms with Crippen molar-refractivity contribution in [3.8, 4) is 0 Å². The van der Waals surface area contributed by atoms with Crippen LogP contribution in [0.25, 0.3) is 0 Å². The third-order valence-corrected chi connectivity index (χ3v) is 0.877. The predicted octanol–water partition coefficient (Wildman–Crippen LogP) is 1.38. The fourth-order valence-electron chi connectivity index (χ4n) is 0.363. The highest BCUT2D eigenvalue weighted by Crippen LogP contribution is 2.00. The van der Waals surface area contributed by atoms with Crippen LogP contribution in [0.4, 0.5) is 0 Å². The molecule has 3 heteroatoms. The van der Waals surface area contributed by atoms with Crippen LogP contribution < -0.4 is 0 Å². The average Bonchev–Trinajstić information content (AvgIpc) is 1.63. The highest BCUT2D eigenvalue weighted by molar-refractivity contribution is 7.84. The summed E-state index contributed by atoms with van der Waals surface area (Å²) in [5, 5.41) is 0.380. The molecule has 0 heterocycles. The van der Waals surface area contributed by atoms with E-state index in [1.54, 1.807) is 0 Å². The SMILES string of the molecule is CCO/C(S)=C/C(C)=O. The van der Waals surface area contributed by atoms with Crippen molar-refractivity contribution in [2.24, 2.45) is 0 Å². The highest BCUT2D eigenvalue weighted by atomic mass is 32.1. The third-order valence-electron chi connectivity index (χ3n) is 0.619. The minimum Gasteiger partial charge on any atom is -0.488 e. The summed E-state index contributed by atoms with van der Waals surface area (Å²) in [7, 11) is 0. The molecule has 0 rings (SSSR count). The molecule has 0 aliphatic heterocycles. The van der Waals surface area contributed by atoms with E-state index < -0.39 is 0 Å². The van der Waals surface area contributed by atoms with Crippen molar-refractivity contribution >= 4 is 18.4 Å². The highest BCUT2D eigenvalue weighted by Gasteiger charge is 1.89. The first-order chi connectivity index (χ1) is 4.16. The topological polar surface area (TPSA) is 26.3 Å². The van der Waals surface area contributed by atoms with E-state index in [4.69, 9.17) is 4.74 Å². The predicted molar refractivity (Wildman–Crippen MR) is 39.4 cm³/mol. The Hall–Kier alpha value is -0.440. The molecule has 0 unspecified atom stereocenters. The molecule has 0 N–H and O–H groups in total. The van der Waals surface area contributed by atoms with Gasteiger partial charge in [-0.05, 0) is 13.8 Å². The molecule has 0 aromatic heterocycles. The lowest BCUT2D eigenvalue weighted by atomic mass is 10.4. The van der Waals surface area contributed by atoms with Gasteiger partial charge < -0.3 is 4.74 Å². The maximum Gasteiger partial charge on any atom is 0.156 e. The normalized spacial score (nSPS) is 11.2. The van der Waals surface area contributed by atoms with Crippen LogP contribution in [0, 0.1) is 0 Å². The van der Waals surface area contributed by atoms with E-state index in [1.165, 1.54) is 13.0 Å². The van der Waals surface area contributed by atoms with E-state index in [9.17, 15) is 4.79 Å². The van der Waals surface area contributed by atoms with Crippen molar-refractivity contribution < 1.29 is 9.53 Å². The van der Waals surface area contributed by atoms with E-state index in [2.05, 4.69) is 12.6 Å². The molecule has 0 spiro atoms. The van der Waals surface area contributed by atoms with E-state index in [1.807, 2.05) is 6.92 Å². The molecule has 0 bridgehead atoms. The zero-order chi connectivity index (χ0) is 7.28. The minimum atomic E-state index is -0.0477. The zero-order valence-electron chi connectivity index (χ0n) is 5.55. The van der Waals surface area contributed by atoms with Gasteiger partial charge in [-0.3, -0.25) is 4.79 Å². The van der Waals surface area contributed by atoms with Crippen LogP contribution in [-0.2, 0) is 9.53 Å². The van der Waals surface area contributed by atoms with Crippen LogP contribution >= 0.6 is 12.6 Å². The van der Waals surface area contributed by atoms with Gasteiger partial charge in [0.05, 0.1) is 6.61 Å². The van der Waals surface area contributed by atoms with Crippen molar-refractivity contribution in [3.05, 3.63) is 11.2 Å². The van der Waals surface area contributed by atoms with Gasteiger partial charge in [0, 0.05) is 6.08 Å². The smallest absolute Gasteiger partial charge is 0.156 e. The molecule has 0 aliphatic rings. The number of hydrogen-bond acceptors (Lipinski definition) is 3. The number of ketones is 1. The molecule has 0 radical (unpaired) electrons. The van der Waals surface area contributed by atoms with Gasteiger partial charge in [0.2, 0.25) is 0 Å². The molecule has 2 nitrogen and oxygen atoms in total. The van der Waals surface area contributed by atoms with Crippen molar-refractivity contribution in [2.45, 2.75) is 13.8 Å². The molecule has 0 saturated heterocycles. The van der Waals surface area contributed by atoms with Crippen LogP contribution in [0.2, 0.25) is 0 Å². The number of ether oxygens (including phenoxy) is 1. The summed E-state index contributed by atoms with van der Waals surface area (Å²) >= 11 is 3.87. The molecule has 52 valence electrons. The lowest BCUT2D eigenvalue weighted by Gasteiger charge is -1.97.